The summed E-state index contributed by atoms with van der Waals surface area (Å²) in [5.74, 6) is 0.843. The van der Waals surface area contributed by atoms with E-state index in [-0.39, 0.29) is 5.91 Å². The second-order valence-corrected chi connectivity index (χ2v) is 7.00. The smallest absolute Gasteiger partial charge is 0.275 e. The Morgan fingerprint density at radius 3 is 2.55 bits per heavy atom. The largest absolute Gasteiger partial charge is 0.493 e. The van der Waals surface area contributed by atoms with Crippen LogP contribution in [-0.4, -0.2) is 18.7 Å². The molecular formula is C23H21BrN2O3. The topological polar surface area (TPSA) is 59.9 Å². The van der Waals surface area contributed by atoms with Gasteiger partial charge >= 0.3 is 0 Å². The quantitative estimate of drug-likeness (QED) is 0.377. The highest BCUT2D eigenvalue weighted by Gasteiger charge is 2.12. The Balaban J connectivity index is 1.68. The molecular weight excluding hydrogens is 432 g/mol. The minimum atomic E-state index is -0.353. The number of hydrazone groups is 1. The van der Waals surface area contributed by atoms with Crippen LogP contribution in [0, 0.1) is 0 Å². The summed E-state index contributed by atoms with van der Waals surface area (Å²) >= 11 is 3.38. The van der Waals surface area contributed by atoms with Crippen LogP contribution in [0.2, 0.25) is 0 Å². The average molecular weight is 453 g/mol. The molecule has 3 rings (SSSR count). The van der Waals surface area contributed by atoms with Gasteiger partial charge in [-0.1, -0.05) is 58.4 Å². The number of amides is 1. The van der Waals surface area contributed by atoms with Crippen molar-refractivity contribution >= 4 is 28.1 Å². The second-order valence-electron chi connectivity index (χ2n) is 6.08. The molecule has 1 N–H and O–H groups in total. The summed E-state index contributed by atoms with van der Waals surface area (Å²) in [4.78, 5) is 12.5. The molecule has 0 fully saturated rings. The molecule has 0 aliphatic carbocycles. The van der Waals surface area contributed by atoms with Gasteiger partial charge in [0, 0.05) is 10.0 Å². The van der Waals surface area contributed by atoms with Gasteiger partial charge < -0.3 is 9.47 Å². The molecule has 0 aromatic heterocycles. The summed E-state index contributed by atoms with van der Waals surface area (Å²) in [5, 5.41) is 4.09. The number of benzene rings is 3. The van der Waals surface area contributed by atoms with Crippen molar-refractivity contribution in [3.05, 3.63) is 94.0 Å². The summed E-state index contributed by atoms with van der Waals surface area (Å²) in [7, 11) is 0. The molecule has 29 heavy (non-hydrogen) atoms. The fourth-order valence-corrected chi connectivity index (χ4v) is 3.00. The van der Waals surface area contributed by atoms with E-state index in [1.807, 2.05) is 67.6 Å². The maximum absolute atomic E-state index is 12.5. The van der Waals surface area contributed by atoms with Crippen LogP contribution in [0.15, 0.2) is 82.4 Å². The Morgan fingerprint density at radius 1 is 1.00 bits per heavy atom. The Bertz CT molecular complexity index is 990. The zero-order chi connectivity index (χ0) is 20.5. The van der Waals surface area contributed by atoms with Gasteiger partial charge in [0.15, 0.2) is 0 Å². The monoisotopic (exact) mass is 452 g/mol. The molecule has 3 aromatic rings. The lowest BCUT2D eigenvalue weighted by Crippen LogP contribution is -2.19. The highest BCUT2D eigenvalue weighted by atomic mass is 79.9. The van der Waals surface area contributed by atoms with Crippen LogP contribution >= 0.6 is 15.9 Å². The van der Waals surface area contributed by atoms with E-state index < -0.39 is 0 Å². The Morgan fingerprint density at radius 2 is 1.76 bits per heavy atom. The Kier molecular flexibility index (Phi) is 7.41. The number of rotatable bonds is 8. The fourth-order valence-electron chi connectivity index (χ4n) is 2.64. The maximum Gasteiger partial charge on any atom is 0.275 e. The summed E-state index contributed by atoms with van der Waals surface area (Å²) in [6.45, 7) is 2.79. The standard InChI is InChI=1S/C23H21BrN2O3/c1-2-28-22-13-12-19(24)14-20(22)23(27)26-25-15-18-10-6-7-11-21(18)29-16-17-8-4-3-5-9-17/h3-15H,2,16H2,1H3,(H,26,27)/b25-15+. The van der Waals surface area contributed by atoms with E-state index in [4.69, 9.17) is 9.47 Å². The summed E-state index contributed by atoms with van der Waals surface area (Å²) in [5.41, 5.74) is 4.80. The SMILES string of the molecule is CCOc1ccc(Br)cc1C(=O)N/N=C/c1ccccc1OCc1ccccc1. The van der Waals surface area contributed by atoms with Gasteiger partial charge in [-0.15, -0.1) is 0 Å². The zero-order valence-corrected chi connectivity index (χ0v) is 17.6. The zero-order valence-electron chi connectivity index (χ0n) is 16.0. The van der Waals surface area contributed by atoms with E-state index in [1.54, 1.807) is 18.3 Å². The van der Waals surface area contributed by atoms with Crippen molar-refractivity contribution < 1.29 is 14.3 Å². The number of ether oxygens (including phenoxy) is 2. The molecule has 0 atom stereocenters. The van der Waals surface area contributed by atoms with Crippen LogP contribution in [0.3, 0.4) is 0 Å². The van der Waals surface area contributed by atoms with Crippen LogP contribution in [0.1, 0.15) is 28.4 Å². The molecule has 0 saturated carbocycles. The van der Waals surface area contributed by atoms with Gasteiger partial charge in [0.25, 0.3) is 5.91 Å². The van der Waals surface area contributed by atoms with Gasteiger partial charge in [-0.3, -0.25) is 4.79 Å². The van der Waals surface area contributed by atoms with Crippen LogP contribution in [0.5, 0.6) is 11.5 Å². The first-order valence-corrected chi connectivity index (χ1v) is 9.98. The summed E-state index contributed by atoms with van der Waals surface area (Å²) in [6, 6.07) is 22.7. The third-order valence-electron chi connectivity index (χ3n) is 4.01. The Hall–Kier alpha value is -3.12. The van der Waals surface area contributed by atoms with E-state index >= 15 is 0 Å². The highest BCUT2D eigenvalue weighted by Crippen LogP contribution is 2.23. The molecule has 0 aliphatic heterocycles. The average Bonchev–Trinajstić information content (AvgIpc) is 2.75. The van der Waals surface area contributed by atoms with Crippen LogP contribution in [-0.2, 0) is 6.61 Å². The predicted molar refractivity (Wildman–Crippen MR) is 118 cm³/mol. The first-order valence-electron chi connectivity index (χ1n) is 9.19. The molecule has 1 amide bonds. The van der Waals surface area contributed by atoms with Gasteiger partial charge in [0.05, 0.1) is 18.4 Å². The minimum absolute atomic E-state index is 0.353. The third-order valence-corrected chi connectivity index (χ3v) is 4.51. The lowest BCUT2D eigenvalue weighted by Gasteiger charge is -2.10. The van der Waals surface area contributed by atoms with Gasteiger partial charge in [-0.2, -0.15) is 5.10 Å². The molecule has 0 aliphatic rings. The maximum atomic E-state index is 12.5. The molecule has 6 heteroatoms. The molecule has 148 valence electrons. The number of halogens is 1. The van der Waals surface area contributed by atoms with Crippen molar-refractivity contribution in [1.29, 1.82) is 0 Å². The second kappa shape index (κ2) is 10.4. The fraction of sp³-hybridized carbons (Fsp3) is 0.130. The van der Waals surface area contributed by atoms with Crippen molar-refractivity contribution in [2.24, 2.45) is 5.10 Å². The number of carbonyl (C=O) groups is 1. The van der Waals surface area contributed by atoms with Crippen LogP contribution in [0.25, 0.3) is 0 Å². The summed E-state index contributed by atoms with van der Waals surface area (Å²) in [6.07, 6.45) is 1.57. The molecule has 0 unspecified atom stereocenters. The first kappa shape index (κ1) is 20.6. The van der Waals surface area contributed by atoms with Gasteiger partial charge in [-0.05, 0) is 42.8 Å². The van der Waals surface area contributed by atoms with E-state index in [9.17, 15) is 4.79 Å². The van der Waals surface area contributed by atoms with Gasteiger partial charge in [-0.25, -0.2) is 5.43 Å². The molecule has 0 heterocycles. The normalized spacial score (nSPS) is 10.7. The van der Waals surface area contributed by atoms with Gasteiger partial charge in [0.2, 0.25) is 0 Å². The number of hydrogen-bond donors (Lipinski definition) is 1. The van der Waals surface area contributed by atoms with Crippen LogP contribution in [0.4, 0.5) is 0 Å². The van der Waals surface area contributed by atoms with E-state index in [1.165, 1.54) is 0 Å². The van der Waals surface area contributed by atoms with Crippen molar-refractivity contribution in [2.75, 3.05) is 6.61 Å². The predicted octanol–water partition coefficient (Wildman–Crippen LogP) is 5.19. The lowest BCUT2D eigenvalue weighted by atomic mass is 10.2. The molecule has 0 bridgehead atoms. The van der Waals surface area contributed by atoms with Crippen molar-refractivity contribution in [1.82, 2.24) is 5.43 Å². The molecule has 5 nitrogen and oxygen atoms in total. The lowest BCUT2D eigenvalue weighted by molar-refractivity contribution is 0.0951. The van der Waals surface area contributed by atoms with E-state index in [0.717, 1.165) is 15.6 Å². The molecule has 0 spiro atoms. The number of nitrogens with one attached hydrogen (secondary N) is 1. The summed E-state index contributed by atoms with van der Waals surface area (Å²) < 4.78 is 12.2. The van der Waals surface area contributed by atoms with Crippen molar-refractivity contribution in [3.8, 4) is 11.5 Å². The first-order chi connectivity index (χ1) is 14.2. The third kappa shape index (κ3) is 5.93. The number of carbonyl (C=O) groups excluding carboxylic acids is 1. The van der Waals surface area contributed by atoms with Gasteiger partial charge in [0.1, 0.15) is 18.1 Å². The number of para-hydroxylation sites is 1. The molecule has 0 radical (unpaired) electrons. The van der Waals surface area contributed by atoms with E-state index in [2.05, 4.69) is 26.5 Å². The van der Waals surface area contributed by atoms with E-state index in [0.29, 0.717) is 30.3 Å². The molecule has 0 saturated heterocycles. The Labute approximate surface area is 178 Å². The number of nitrogens with zero attached hydrogens (tertiary/aromatic N) is 1. The highest BCUT2D eigenvalue weighted by molar-refractivity contribution is 9.10. The van der Waals surface area contributed by atoms with Crippen molar-refractivity contribution in [2.45, 2.75) is 13.5 Å². The van der Waals surface area contributed by atoms with Crippen LogP contribution < -0.4 is 14.9 Å². The number of hydrogen-bond acceptors (Lipinski definition) is 4. The molecule has 3 aromatic carbocycles. The van der Waals surface area contributed by atoms with Crippen molar-refractivity contribution in [3.63, 3.8) is 0 Å². The minimum Gasteiger partial charge on any atom is -0.493 e.